The predicted molar refractivity (Wildman–Crippen MR) is 76.8 cm³/mol. The van der Waals surface area contributed by atoms with Gasteiger partial charge in [-0.25, -0.2) is 0 Å². The van der Waals surface area contributed by atoms with E-state index in [9.17, 15) is 9.59 Å². The van der Waals surface area contributed by atoms with E-state index >= 15 is 0 Å². The number of nitrogens with one attached hydrogen (secondary N) is 2. The van der Waals surface area contributed by atoms with E-state index in [4.69, 9.17) is 0 Å². The molecule has 2 heterocycles. The third kappa shape index (κ3) is 2.61. The molecular weight excluding hydrogens is 254 g/mol. The Balaban J connectivity index is 1.57. The van der Waals surface area contributed by atoms with Crippen LogP contribution in [-0.2, 0) is 11.2 Å². The largest absolute Gasteiger partial charge is 0.384 e. The Bertz CT molecular complexity index is 536. The quantitative estimate of drug-likeness (QED) is 0.864. The molecule has 0 unspecified atom stereocenters. The van der Waals surface area contributed by atoms with Gasteiger partial charge in [-0.2, -0.15) is 0 Å². The number of nitrogens with zero attached hydrogens (tertiary/aromatic N) is 1. The summed E-state index contributed by atoms with van der Waals surface area (Å²) in [5.41, 5.74) is 2.88. The van der Waals surface area contributed by atoms with Crippen LogP contribution in [0.3, 0.4) is 0 Å². The third-order valence-corrected chi connectivity index (χ3v) is 3.94. The number of anilines is 1. The molecule has 1 aromatic carbocycles. The van der Waals surface area contributed by atoms with Crippen molar-refractivity contribution in [3.05, 3.63) is 29.3 Å². The van der Waals surface area contributed by atoms with E-state index in [0.717, 1.165) is 44.6 Å². The maximum Gasteiger partial charge on any atom is 0.251 e. The van der Waals surface area contributed by atoms with E-state index in [0.29, 0.717) is 5.56 Å². The number of likely N-dealkylation sites (tertiary alicyclic amines) is 1. The minimum Gasteiger partial charge on any atom is -0.384 e. The molecule has 3 rings (SSSR count). The van der Waals surface area contributed by atoms with Crippen molar-refractivity contribution in [2.75, 3.05) is 31.5 Å². The van der Waals surface area contributed by atoms with E-state index in [-0.39, 0.29) is 18.4 Å². The Labute approximate surface area is 118 Å². The Morgan fingerprint density at radius 1 is 1.25 bits per heavy atom. The fraction of sp³-hybridized carbons (Fsp3) is 0.467. The van der Waals surface area contributed by atoms with Gasteiger partial charge in [0.2, 0.25) is 5.91 Å². The van der Waals surface area contributed by atoms with Gasteiger partial charge in [-0.1, -0.05) is 6.07 Å². The van der Waals surface area contributed by atoms with Crippen LogP contribution in [0, 0.1) is 0 Å². The standard InChI is InChI=1S/C15H19N3O2/c19-14(18-7-1-2-8-18)10-17-15(20)12-4-3-11-5-6-16-13(11)9-12/h3-4,9,16H,1-2,5-8,10H2,(H,17,20). The Morgan fingerprint density at radius 2 is 2.05 bits per heavy atom. The van der Waals surface area contributed by atoms with Crippen molar-refractivity contribution in [1.29, 1.82) is 0 Å². The van der Waals surface area contributed by atoms with Crippen molar-refractivity contribution in [3.63, 3.8) is 0 Å². The molecule has 0 spiro atoms. The van der Waals surface area contributed by atoms with Gasteiger partial charge < -0.3 is 15.5 Å². The van der Waals surface area contributed by atoms with Gasteiger partial charge in [0.25, 0.3) is 5.91 Å². The number of hydrogen-bond acceptors (Lipinski definition) is 3. The molecule has 20 heavy (non-hydrogen) atoms. The van der Waals surface area contributed by atoms with Gasteiger partial charge in [0.15, 0.2) is 0 Å². The maximum absolute atomic E-state index is 12.1. The van der Waals surface area contributed by atoms with Crippen molar-refractivity contribution < 1.29 is 9.59 Å². The second-order valence-electron chi connectivity index (χ2n) is 5.32. The molecule has 0 atom stereocenters. The van der Waals surface area contributed by atoms with Crippen LogP contribution in [0.5, 0.6) is 0 Å². The first-order valence-electron chi connectivity index (χ1n) is 7.17. The Hall–Kier alpha value is -2.04. The fourth-order valence-corrected chi connectivity index (χ4v) is 2.77. The van der Waals surface area contributed by atoms with Crippen LogP contribution in [0.2, 0.25) is 0 Å². The lowest BCUT2D eigenvalue weighted by Gasteiger charge is -2.15. The number of carbonyl (C=O) groups is 2. The molecule has 0 radical (unpaired) electrons. The summed E-state index contributed by atoms with van der Waals surface area (Å²) in [5, 5.41) is 5.96. The molecule has 1 aromatic rings. The summed E-state index contributed by atoms with van der Waals surface area (Å²) in [6.07, 6.45) is 3.14. The van der Waals surface area contributed by atoms with Gasteiger partial charge in [-0.05, 0) is 37.0 Å². The first kappa shape index (κ1) is 13.0. The minimum atomic E-state index is -0.186. The van der Waals surface area contributed by atoms with E-state index < -0.39 is 0 Å². The summed E-state index contributed by atoms with van der Waals surface area (Å²) in [6.45, 7) is 2.64. The lowest BCUT2D eigenvalue weighted by molar-refractivity contribution is -0.129. The zero-order valence-electron chi connectivity index (χ0n) is 11.4. The number of carbonyl (C=O) groups excluding carboxylic acids is 2. The maximum atomic E-state index is 12.1. The van der Waals surface area contributed by atoms with Crippen LogP contribution >= 0.6 is 0 Å². The van der Waals surface area contributed by atoms with Gasteiger partial charge in [0.05, 0.1) is 6.54 Å². The van der Waals surface area contributed by atoms with E-state index in [2.05, 4.69) is 10.6 Å². The number of amides is 2. The van der Waals surface area contributed by atoms with E-state index in [1.165, 1.54) is 5.56 Å². The average molecular weight is 273 g/mol. The summed E-state index contributed by atoms with van der Waals surface area (Å²) in [5.74, 6) is -0.177. The molecule has 2 N–H and O–H groups in total. The van der Waals surface area contributed by atoms with Crippen molar-refractivity contribution in [3.8, 4) is 0 Å². The predicted octanol–water partition coefficient (Wildman–Crippen LogP) is 1.01. The van der Waals surface area contributed by atoms with Gasteiger partial charge in [-0.15, -0.1) is 0 Å². The minimum absolute atomic E-state index is 0.00938. The van der Waals surface area contributed by atoms with Crippen LogP contribution in [0.4, 0.5) is 5.69 Å². The normalized spacial score (nSPS) is 16.7. The molecular formula is C15H19N3O2. The van der Waals surface area contributed by atoms with Crippen molar-refractivity contribution in [2.45, 2.75) is 19.3 Å². The van der Waals surface area contributed by atoms with Crippen LogP contribution in [0.15, 0.2) is 18.2 Å². The van der Waals surface area contributed by atoms with Crippen LogP contribution in [0.25, 0.3) is 0 Å². The summed E-state index contributed by atoms with van der Waals surface area (Å²) in [6, 6.07) is 5.66. The molecule has 1 fully saturated rings. The summed E-state index contributed by atoms with van der Waals surface area (Å²) in [4.78, 5) is 25.7. The van der Waals surface area contributed by atoms with Gasteiger partial charge in [0.1, 0.15) is 0 Å². The van der Waals surface area contributed by atoms with Gasteiger partial charge in [0, 0.05) is 30.9 Å². The Morgan fingerprint density at radius 3 is 2.85 bits per heavy atom. The molecule has 2 aliphatic rings. The molecule has 0 aliphatic carbocycles. The molecule has 1 saturated heterocycles. The second kappa shape index (κ2) is 5.53. The topological polar surface area (TPSA) is 61.4 Å². The number of rotatable bonds is 3. The zero-order valence-corrected chi connectivity index (χ0v) is 11.4. The average Bonchev–Trinajstić information content (AvgIpc) is 3.13. The van der Waals surface area contributed by atoms with Crippen molar-refractivity contribution in [1.82, 2.24) is 10.2 Å². The zero-order chi connectivity index (χ0) is 13.9. The van der Waals surface area contributed by atoms with Gasteiger partial charge in [-0.3, -0.25) is 9.59 Å². The SMILES string of the molecule is O=C(NCC(=O)N1CCCC1)c1ccc2c(c1)NCC2. The monoisotopic (exact) mass is 273 g/mol. The molecule has 0 aromatic heterocycles. The van der Waals surface area contributed by atoms with Crippen molar-refractivity contribution in [2.24, 2.45) is 0 Å². The van der Waals surface area contributed by atoms with E-state index in [1.54, 1.807) is 0 Å². The highest BCUT2D eigenvalue weighted by Gasteiger charge is 2.19. The van der Waals surface area contributed by atoms with Crippen LogP contribution in [0.1, 0.15) is 28.8 Å². The van der Waals surface area contributed by atoms with Crippen molar-refractivity contribution >= 4 is 17.5 Å². The molecule has 2 aliphatic heterocycles. The number of fused-ring (bicyclic) bond motifs is 1. The number of hydrogen-bond donors (Lipinski definition) is 2. The third-order valence-electron chi connectivity index (χ3n) is 3.94. The molecule has 5 heteroatoms. The molecule has 2 amide bonds. The lowest BCUT2D eigenvalue weighted by atomic mass is 10.1. The lowest BCUT2D eigenvalue weighted by Crippen LogP contribution is -2.38. The molecule has 106 valence electrons. The highest BCUT2D eigenvalue weighted by molar-refractivity contribution is 5.97. The summed E-state index contributed by atoms with van der Waals surface area (Å²) < 4.78 is 0. The second-order valence-corrected chi connectivity index (χ2v) is 5.32. The fourth-order valence-electron chi connectivity index (χ4n) is 2.77. The Kier molecular flexibility index (Phi) is 3.58. The molecule has 5 nitrogen and oxygen atoms in total. The summed E-state index contributed by atoms with van der Waals surface area (Å²) >= 11 is 0. The molecule has 0 saturated carbocycles. The first-order chi connectivity index (χ1) is 9.74. The summed E-state index contributed by atoms with van der Waals surface area (Å²) in [7, 11) is 0. The van der Waals surface area contributed by atoms with Gasteiger partial charge >= 0.3 is 0 Å². The van der Waals surface area contributed by atoms with Crippen LogP contribution in [-0.4, -0.2) is 42.9 Å². The highest BCUT2D eigenvalue weighted by atomic mass is 16.2. The first-order valence-corrected chi connectivity index (χ1v) is 7.17. The number of benzene rings is 1. The van der Waals surface area contributed by atoms with E-state index in [1.807, 2.05) is 23.1 Å². The smallest absolute Gasteiger partial charge is 0.251 e. The van der Waals surface area contributed by atoms with Crippen LogP contribution < -0.4 is 10.6 Å². The molecule has 0 bridgehead atoms. The highest BCUT2D eigenvalue weighted by Crippen LogP contribution is 2.23.